The van der Waals surface area contributed by atoms with Gasteiger partial charge in [-0.25, -0.2) is 0 Å². The van der Waals surface area contributed by atoms with Gasteiger partial charge in [0.2, 0.25) is 0 Å². The first-order chi connectivity index (χ1) is 11.7. The molecule has 1 aliphatic heterocycles. The van der Waals surface area contributed by atoms with E-state index in [1.165, 1.54) is 24.8 Å². The van der Waals surface area contributed by atoms with Crippen LogP contribution in [0.25, 0.3) is 0 Å². The molecule has 1 unspecified atom stereocenters. The lowest BCUT2D eigenvalue weighted by Crippen LogP contribution is -2.44. The van der Waals surface area contributed by atoms with Crippen LogP contribution in [0.1, 0.15) is 24.8 Å². The largest absolute Gasteiger partial charge is 0.492 e. The third kappa shape index (κ3) is 4.65. The molecule has 3 rings (SSSR count). The highest BCUT2D eigenvalue weighted by Gasteiger charge is 2.22. The molecule has 0 spiro atoms. The Labute approximate surface area is 144 Å². The van der Waals surface area contributed by atoms with Crippen molar-refractivity contribution < 1.29 is 4.74 Å². The molecular formula is C20H27N3O. The van der Waals surface area contributed by atoms with Crippen LogP contribution >= 0.6 is 0 Å². The molecule has 1 fully saturated rings. The summed E-state index contributed by atoms with van der Waals surface area (Å²) in [7, 11) is 0. The van der Waals surface area contributed by atoms with Crippen LogP contribution in [-0.4, -0.2) is 30.6 Å². The van der Waals surface area contributed by atoms with Crippen molar-refractivity contribution in [3.63, 3.8) is 0 Å². The molecule has 0 bridgehead atoms. The molecule has 0 aliphatic carbocycles. The number of likely N-dealkylation sites (tertiary alicyclic amines) is 1. The minimum Gasteiger partial charge on any atom is -0.492 e. The van der Waals surface area contributed by atoms with Gasteiger partial charge in [-0.2, -0.15) is 0 Å². The lowest BCUT2D eigenvalue weighted by atomic mass is 10.0. The summed E-state index contributed by atoms with van der Waals surface area (Å²) in [5.74, 6) is 0.897. The highest BCUT2D eigenvalue weighted by Crippen LogP contribution is 2.20. The number of nitrogens with zero attached hydrogens (tertiary/aromatic N) is 1. The van der Waals surface area contributed by atoms with Crippen molar-refractivity contribution in [3.05, 3.63) is 54.1 Å². The molecule has 0 aromatic heterocycles. The van der Waals surface area contributed by atoms with Crippen molar-refractivity contribution in [1.29, 1.82) is 0 Å². The average Bonchev–Trinajstić information content (AvgIpc) is 2.61. The number of nitrogens with two attached hydrogens (primary N) is 2. The summed E-state index contributed by atoms with van der Waals surface area (Å²) in [6.45, 7) is 2.97. The molecule has 2 aromatic carbocycles. The molecule has 24 heavy (non-hydrogen) atoms. The van der Waals surface area contributed by atoms with Crippen molar-refractivity contribution >= 4 is 11.4 Å². The molecule has 4 heteroatoms. The van der Waals surface area contributed by atoms with Gasteiger partial charge >= 0.3 is 0 Å². The van der Waals surface area contributed by atoms with Crippen LogP contribution in [0.2, 0.25) is 0 Å². The molecule has 128 valence electrons. The summed E-state index contributed by atoms with van der Waals surface area (Å²) in [5, 5.41) is 0. The highest BCUT2D eigenvalue weighted by atomic mass is 16.5. The third-order valence-electron chi connectivity index (χ3n) is 4.74. The number of rotatable bonds is 6. The minimum absolute atomic E-state index is 0.491. The lowest BCUT2D eigenvalue weighted by molar-refractivity contribution is 0.101. The number of ether oxygens (including phenoxy) is 1. The summed E-state index contributed by atoms with van der Waals surface area (Å²) in [6.07, 6.45) is 4.82. The maximum Gasteiger partial charge on any atom is 0.119 e. The average molecular weight is 325 g/mol. The van der Waals surface area contributed by atoms with Crippen LogP contribution < -0.4 is 16.2 Å². The van der Waals surface area contributed by atoms with Crippen LogP contribution in [0.15, 0.2) is 48.5 Å². The van der Waals surface area contributed by atoms with E-state index in [1.807, 2.05) is 36.4 Å². The number of benzene rings is 2. The molecule has 4 N–H and O–H groups in total. The Bertz CT molecular complexity index is 567. The van der Waals surface area contributed by atoms with Crippen LogP contribution in [-0.2, 0) is 6.42 Å². The first kappa shape index (κ1) is 16.7. The Morgan fingerprint density at radius 1 is 0.917 bits per heavy atom. The topological polar surface area (TPSA) is 64.5 Å². The van der Waals surface area contributed by atoms with Crippen LogP contribution in [0.3, 0.4) is 0 Å². The normalized spacial score (nSPS) is 18.4. The molecule has 0 amide bonds. The van der Waals surface area contributed by atoms with Gasteiger partial charge in [0.25, 0.3) is 0 Å². The van der Waals surface area contributed by atoms with E-state index in [1.54, 1.807) is 0 Å². The van der Waals surface area contributed by atoms with E-state index in [2.05, 4.69) is 17.0 Å². The zero-order valence-corrected chi connectivity index (χ0v) is 14.2. The Hall–Kier alpha value is -2.20. The highest BCUT2D eigenvalue weighted by molar-refractivity contribution is 5.41. The van der Waals surface area contributed by atoms with Crippen LogP contribution in [0.5, 0.6) is 5.75 Å². The zero-order valence-electron chi connectivity index (χ0n) is 14.2. The maximum absolute atomic E-state index is 5.98. The summed E-state index contributed by atoms with van der Waals surface area (Å²) in [6, 6.07) is 16.3. The van der Waals surface area contributed by atoms with E-state index < -0.39 is 0 Å². The maximum atomic E-state index is 5.98. The molecule has 0 radical (unpaired) electrons. The Kier molecular flexibility index (Phi) is 5.59. The number of hydrogen-bond acceptors (Lipinski definition) is 4. The second kappa shape index (κ2) is 8.06. The quantitative estimate of drug-likeness (QED) is 0.800. The van der Waals surface area contributed by atoms with Crippen molar-refractivity contribution in [3.8, 4) is 5.75 Å². The Balaban J connectivity index is 1.52. The summed E-state index contributed by atoms with van der Waals surface area (Å²) in [5.41, 5.74) is 14.4. The van der Waals surface area contributed by atoms with Gasteiger partial charge in [0.05, 0.1) is 0 Å². The van der Waals surface area contributed by atoms with Crippen molar-refractivity contribution in [1.82, 2.24) is 4.90 Å². The SMILES string of the molecule is Nc1ccc(CCN2CCCCC2COc2ccc(N)cc2)cc1. The zero-order chi connectivity index (χ0) is 16.8. The molecular weight excluding hydrogens is 298 g/mol. The number of hydrogen-bond donors (Lipinski definition) is 2. The summed E-state index contributed by atoms with van der Waals surface area (Å²) < 4.78 is 5.98. The molecule has 1 aliphatic rings. The van der Waals surface area contributed by atoms with Gasteiger partial charge in [0, 0.05) is 24.0 Å². The van der Waals surface area contributed by atoms with E-state index >= 15 is 0 Å². The van der Waals surface area contributed by atoms with E-state index in [-0.39, 0.29) is 0 Å². The number of piperidine rings is 1. The van der Waals surface area contributed by atoms with E-state index in [0.717, 1.165) is 43.2 Å². The van der Waals surface area contributed by atoms with Gasteiger partial charge in [-0.3, -0.25) is 4.90 Å². The van der Waals surface area contributed by atoms with Gasteiger partial charge in [0.15, 0.2) is 0 Å². The lowest BCUT2D eigenvalue weighted by Gasteiger charge is -2.35. The van der Waals surface area contributed by atoms with Crippen molar-refractivity contribution in [2.24, 2.45) is 0 Å². The predicted molar refractivity (Wildman–Crippen MR) is 100 cm³/mol. The molecule has 1 saturated heterocycles. The fourth-order valence-electron chi connectivity index (χ4n) is 3.26. The van der Waals surface area contributed by atoms with Crippen molar-refractivity contribution in [2.45, 2.75) is 31.7 Å². The standard InChI is InChI=1S/C20H27N3O/c21-17-6-4-16(5-7-17)12-14-23-13-2-1-3-19(23)15-24-20-10-8-18(22)9-11-20/h4-11,19H,1-3,12-15,21-22H2. The Morgan fingerprint density at radius 2 is 1.58 bits per heavy atom. The van der Waals surface area contributed by atoms with E-state index in [4.69, 9.17) is 16.2 Å². The predicted octanol–water partition coefficient (Wildman–Crippen LogP) is 3.33. The fraction of sp³-hybridized carbons (Fsp3) is 0.400. The minimum atomic E-state index is 0.491. The van der Waals surface area contributed by atoms with E-state index in [0.29, 0.717) is 6.04 Å². The smallest absolute Gasteiger partial charge is 0.119 e. The van der Waals surface area contributed by atoms with Crippen LogP contribution in [0.4, 0.5) is 11.4 Å². The van der Waals surface area contributed by atoms with Gasteiger partial charge in [-0.15, -0.1) is 0 Å². The van der Waals surface area contributed by atoms with E-state index in [9.17, 15) is 0 Å². The Morgan fingerprint density at radius 3 is 2.29 bits per heavy atom. The monoisotopic (exact) mass is 325 g/mol. The first-order valence-corrected chi connectivity index (χ1v) is 8.77. The first-order valence-electron chi connectivity index (χ1n) is 8.77. The number of anilines is 2. The van der Waals surface area contributed by atoms with Gasteiger partial charge in [-0.05, 0) is 67.8 Å². The third-order valence-corrected chi connectivity index (χ3v) is 4.74. The van der Waals surface area contributed by atoms with Gasteiger partial charge in [0.1, 0.15) is 12.4 Å². The number of nitrogen functional groups attached to an aromatic ring is 2. The molecule has 1 atom stereocenters. The van der Waals surface area contributed by atoms with Gasteiger partial charge < -0.3 is 16.2 Å². The molecule has 0 saturated carbocycles. The second-order valence-electron chi connectivity index (χ2n) is 6.56. The fourth-order valence-corrected chi connectivity index (χ4v) is 3.26. The summed E-state index contributed by atoms with van der Waals surface area (Å²) in [4.78, 5) is 2.57. The van der Waals surface area contributed by atoms with Crippen molar-refractivity contribution in [2.75, 3.05) is 31.2 Å². The summed E-state index contributed by atoms with van der Waals surface area (Å²) >= 11 is 0. The molecule has 4 nitrogen and oxygen atoms in total. The van der Waals surface area contributed by atoms with Gasteiger partial charge in [-0.1, -0.05) is 18.6 Å². The second-order valence-corrected chi connectivity index (χ2v) is 6.56. The molecule has 1 heterocycles. The van der Waals surface area contributed by atoms with Crippen LogP contribution in [0, 0.1) is 0 Å². The molecule has 2 aromatic rings.